The SMILES string of the molecule is CCc1ccc(CC2CCN(CCOc3ccc(O)cc3)CC2)cc1. The van der Waals surface area contributed by atoms with E-state index in [1.165, 1.54) is 30.4 Å². The van der Waals surface area contributed by atoms with Crippen LogP contribution in [0.25, 0.3) is 0 Å². The summed E-state index contributed by atoms with van der Waals surface area (Å²) in [4.78, 5) is 2.50. The number of hydrogen-bond acceptors (Lipinski definition) is 3. The maximum Gasteiger partial charge on any atom is 0.119 e. The lowest BCUT2D eigenvalue weighted by molar-refractivity contribution is 0.155. The minimum Gasteiger partial charge on any atom is -0.508 e. The minimum absolute atomic E-state index is 0.277. The van der Waals surface area contributed by atoms with E-state index in [0.717, 1.165) is 37.7 Å². The Kier molecular flexibility index (Phi) is 6.35. The molecule has 3 rings (SSSR count). The van der Waals surface area contributed by atoms with Crippen molar-refractivity contribution in [1.82, 2.24) is 4.90 Å². The van der Waals surface area contributed by atoms with Crippen LogP contribution in [0.5, 0.6) is 11.5 Å². The van der Waals surface area contributed by atoms with Crippen LogP contribution in [0.1, 0.15) is 30.9 Å². The van der Waals surface area contributed by atoms with E-state index in [2.05, 4.69) is 36.1 Å². The second-order valence-electron chi connectivity index (χ2n) is 7.00. The van der Waals surface area contributed by atoms with Crippen LogP contribution >= 0.6 is 0 Å². The van der Waals surface area contributed by atoms with Crippen molar-refractivity contribution in [3.05, 3.63) is 59.7 Å². The number of likely N-dealkylation sites (tertiary alicyclic amines) is 1. The van der Waals surface area contributed by atoms with E-state index < -0.39 is 0 Å². The number of aryl methyl sites for hydroxylation is 1. The van der Waals surface area contributed by atoms with Crippen LogP contribution in [0.15, 0.2) is 48.5 Å². The maximum atomic E-state index is 9.28. The summed E-state index contributed by atoms with van der Waals surface area (Å²) in [6.45, 7) is 6.20. The number of aromatic hydroxyl groups is 1. The molecule has 0 aliphatic carbocycles. The Bertz CT molecular complexity index is 628. The van der Waals surface area contributed by atoms with Gasteiger partial charge in [-0.25, -0.2) is 0 Å². The first-order valence-electron chi connectivity index (χ1n) is 9.45. The quantitative estimate of drug-likeness (QED) is 0.817. The third kappa shape index (κ3) is 5.50. The van der Waals surface area contributed by atoms with Gasteiger partial charge in [0.05, 0.1) is 0 Å². The first kappa shape index (κ1) is 17.8. The van der Waals surface area contributed by atoms with Gasteiger partial charge in [0.1, 0.15) is 18.1 Å². The summed E-state index contributed by atoms with van der Waals surface area (Å²) in [5.74, 6) is 1.91. The van der Waals surface area contributed by atoms with Gasteiger partial charge in [0.2, 0.25) is 0 Å². The Hall–Kier alpha value is -2.00. The molecule has 3 heteroatoms. The number of phenols is 1. The summed E-state index contributed by atoms with van der Waals surface area (Å²) in [5, 5.41) is 9.28. The van der Waals surface area contributed by atoms with Crippen LogP contribution in [-0.2, 0) is 12.8 Å². The lowest BCUT2D eigenvalue weighted by Crippen LogP contribution is -2.37. The van der Waals surface area contributed by atoms with E-state index in [0.29, 0.717) is 6.61 Å². The van der Waals surface area contributed by atoms with Crippen LogP contribution in [0.2, 0.25) is 0 Å². The van der Waals surface area contributed by atoms with E-state index in [9.17, 15) is 5.11 Å². The molecule has 134 valence electrons. The number of nitrogens with zero attached hydrogens (tertiary/aromatic N) is 1. The van der Waals surface area contributed by atoms with Crippen molar-refractivity contribution in [3.63, 3.8) is 0 Å². The minimum atomic E-state index is 0.277. The highest BCUT2D eigenvalue weighted by Gasteiger charge is 2.19. The molecule has 1 N–H and O–H groups in total. The Morgan fingerprint density at radius 1 is 0.960 bits per heavy atom. The Labute approximate surface area is 151 Å². The number of phenolic OH excluding ortho intramolecular Hbond substituents is 1. The molecule has 1 aliphatic heterocycles. The zero-order valence-electron chi connectivity index (χ0n) is 15.2. The predicted octanol–water partition coefficient (Wildman–Crippen LogP) is 4.29. The summed E-state index contributed by atoms with van der Waals surface area (Å²) in [6, 6.07) is 16.1. The van der Waals surface area contributed by atoms with E-state index in [4.69, 9.17) is 4.74 Å². The van der Waals surface area contributed by atoms with Gasteiger partial charge < -0.3 is 9.84 Å². The number of benzene rings is 2. The molecule has 0 aromatic heterocycles. The van der Waals surface area contributed by atoms with Gasteiger partial charge in [-0.3, -0.25) is 4.90 Å². The van der Waals surface area contributed by atoms with Crippen LogP contribution in [-0.4, -0.2) is 36.2 Å². The normalized spacial score (nSPS) is 16.0. The Morgan fingerprint density at radius 2 is 1.60 bits per heavy atom. The van der Waals surface area contributed by atoms with E-state index in [1.807, 2.05) is 12.1 Å². The van der Waals surface area contributed by atoms with Crippen molar-refractivity contribution < 1.29 is 9.84 Å². The average Bonchev–Trinajstić information content (AvgIpc) is 2.65. The van der Waals surface area contributed by atoms with Crippen molar-refractivity contribution in [2.24, 2.45) is 5.92 Å². The highest BCUT2D eigenvalue weighted by Crippen LogP contribution is 2.22. The molecule has 0 amide bonds. The van der Waals surface area contributed by atoms with Gasteiger partial charge in [0.25, 0.3) is 0 Å². The van der Waals surface area contributed by atoms with E-state index >= 15 is 0 Å². The molecule has 3 nitrogen and oxygen atoms in total. The number of rotatable bonds is 7. The number of piperidine rings is 1. The zero-order chi connectivity index (χ0) is 17.5. The second-order valence-corrected chi connectivity index (χ2v) is 7.00. The second kappa shape index (κ2) is 8.91. The molecule has 0 radical (unpaired) electrons. The third-order valence-corrected chi connectivity index (χ3v) is 5.18. The van der Waals surface area contributed by atoms with Gasteiger partial charge in [-0.2, -0.15) is 0 Å². The number of ether oxygens (including phenoxy) is 1. The fraction of sp³-hybridized carbons (Fsp3) is 0.455. The van der Waals surface area contributed by atoms with Crippen molar-refractivity contribution >= 4 is 0 Å². The molecular weight excluding hydrogens is 310 g/mol. The van der Waals surface area contributed by atoms with Crippen molar-refractivity contribution in [2.45, 2.75) is 32.6 Å². The zero-order valence-corrected chi connectivity index (χ0v) is 15.2. The summed E-state index contributed by atoms with van der Waals surface area (Å²) in [7, 11) is 0. The van der Waals surface area contributed by atoms with Gasteiger partial charge in [-0.1, -0.05) is 31.2 Å². The molecule has 0 saturated carbocycles. The predicted molar refractivity (Wildman–Crippen MR) is 102 cm³/mol. The van der Waals surface area contributed by atoms with Crippen molar-refractivity contribution in [1.29, 1.82) is 0 Å². The third-order valence-electron chi connectivity index (χ3n) is 5.18. The van der Waals surface area contributed by atoms with Crippen LogP contribution in [0.4, 0.5) is 0 Å². The highest BCUT2D eigenvalue weighted by molar-refractivity contribution is 5.30. The van der Waals surface area contributed by atoms with Gasteiger partial charge in [0, 0.05) is 6.54 Å². The summed E-state index contributed by atoms with van der Waals surface area (Å²) < 4.78 is 5.76. The summed E-state index contributed by atoms with van der Waals surface area (Å²) in [5.41, 5.74) is 2.90. The highest BCUT2D eigenvalue weighted by atomic mass is 16.5. The molecular formula is C22H29NO2. The van der Waals surface area contributed by atoms with E-state index in [-0.39, 0.29) is 5.75 Å². The maximum absolute atomic E-state index is 9.28. The van der Waals surface area contributed by atoms with Crippen LogP contribution in [0, 0.1) is 5.92 Å². The molecule has 2 aromatic carbocycles. The van der Waals surface area contributed by atoms with Crippen LogP contribution < -0.4 is 4.74 Å². The first-order valence-corrected chi connectivity index (χ1v) is 9.45. The number of hydrogen-bond donors (Lipinski definition) is 1. The molecule has 1 fully saturated rings. The monoisotopic (exact) mass is 339 g/mol. The average molecular weight is 339 g/mol. The largest absolute Gasteiger partial charge is 0.508 e. The smallest absolute Gasteiger partial charge is 0.119 e. The van der Waals surface area contributed by atoms with Gasteiger partial charge in [-0.05, 0) is 80.1 Å². The van der Waals surface area contributed by atoms with Gasteiger partial charge in [-0.15, -0.1) is 0 Å². The standard InChI is InChI=1S/C22H29NO2/c1-2-18-3-5-19(6-4-18)17-20-11-13-23(14-12-20)15-16-25-22-9-7-21(24)8-10-22/h3-10,20,24H,2,11-17H2,1H3. The van der Waals surface area contributed by atoms with Crippen LogP contribution in [0.3, 0.4) is 0 Å². The molecule has 1 saturated heterocycles. The summed E-state index contributed by atoms with van der Waals surface area (Å²) in [6.07, 6.45) is 4.87. The van der Waals surface area contributed by atoms with Crippen molar-refractivity contribution in [3.8, 4) is 11.5 Å². The Morgan fingerprint density at radius 3 is 2.24 bits per heavy atom. The Balaban J connectivity index is 1.36. The fourth-order valence-corrected chi connectivity index (χ4v) is 3.49. The summed E-state index contributed by atoms with van der Waals surface area (Å²) >= 11 is 0. The molecule has 0 bridgehead atoms. The molecule has 1 aliphatic rings. The topological polar surface area (TPSA) is 32.7 Å². The fourth-order valence-electron chi connectivity index (χ4n) is 3.49. The molecule has 1 heterocycles. The lowest BCUT2D eigenvalue weighted by atomic mass is 9.90. The molecule has 0 atom stereocenters. The first-order chi connectivity index (χ1) is 12.2. The molecule has 0 spiro atoms. The van der Waals surface area contributed by atoms with Gasteiger partial charge in [0.15, 0.2) is 0 Å². The lowest BCUT2D eigenvalue weighted by Gasteiger charge is -2.32. The molecule has 25 heavy (non-hydrogen) atoms. The molecule has 2 aromatic rings. The van der Waals surface area contributed by atoms with E-state index in [1.54, 1.807) is 12.1 Å². The van der Waals surface area contributed by atoms with Crippen molar-refractivity contribution in [2.75, 3.05) is 26.2 Å². The van der Waals surface area contributed by atoms with Gasteiger partial charge >= 0.3 is 0 Å². The molecule has 0 unspecified atom stereocenters.